The lowest BCUT2D eigenvalue weighted by Crippen LogP contribution is -2.18. The third-order valence-corrected chi connectivity index (χ3v) is 1.29. The molecule has 0 radical (unpaired) electrons. The first-order valence-electron chi connectivity index (χ1n) is 3.59. The van der Waals surface area contributed by atoms with Gasteiger partial charge < -0.3 is 10.5 Å². The van der Waals surface area contributed by atoms with E-state index >= 15 is 0 Å². The molecule has 0 unspecified atom stereocenters. The molecule has 1 aromatic heterocycles. The van der Waals surface area contributed by atoms with Crippen LogP contribution in [-0.4, -0.2) is 11.3 Å². The Bertz CT molecular complexity index is 352. The molecule has 0 bridgehead atoms. The van der Waals surface area contributed by atoms with E-state index in [-0.39, 0.29) is 5.69 Å². The number of aromatic nitrogens is 1. The number of hydrogen-bond donors (Lipinski definition) is 1. The van der Waals surface area contributed by atoms with E-state index in [0.29, 0.717) is 6.07 Å². The molecule has 0 aliphatic heterocycles. The Hall–Kier alpha value is -1.60. The molecule has 3 nitrogen and oxygen atoms in total. The third kappa shape index (κ3) is 3.56. The molecule has 0 aliphatic rings. The van der Waals surface area contributed by atoms with Gasteiger partial charge in [-0.2, -0.15) is 0 Å². The maximum absolute atomic E-state index is 12.1. The van der Waals surface area contributed by atoms with Crippen molar-refractivity contribution in [3.05, 3.63) is 17.8 Å². The Morgan fingerprint density at radius 1 is 1.27 bits per heavy atom. The van der Waals surface area contributed by atoms with E-state index in [9.17, 15) is 22.0 Å². The van der Waals surface area contributed by atoms with Crippen LogP contribution in [-0.2, 0) is 0 Å². The summed E-state index contributed by atoms with van der Waals surface area (Å²) in [6.07, 6.45) is -8.00. The molecule has 84 valence electrons. The second-order valence-electron chi connectivity index (χ2n) is 2.51. The van der Waals surface area contributed by atoms with Gasteiger partial charge in [-0.1, -0.05) is 0 Å². The van der Waals surface area contributed by atoms with Crippen molar-refractivity contribution in [2.24, 2.45) is 0 Å². The third-order valence-electron chi connectivity index (χ3n) is 1.29. The van der Waals surface area contributed by atoms with Gasteiger partial charge in [-0.15, -0.1) is 13.2 Å². The molecule has 8 heteroatoms. The molecule has 0 aliphatic carbocycles. The summed E-state index contributed by atoms with van der Waals surface area (Å²) in [6.45, 7) is 0. The van der Waals surface area contributed by atoms with E-state index in [1.165, 1.54) is 0 Å². The minimum absolute atomic E-state index is 0.278. The molecule has 1 rings (SSSR count). The van der Waals surface area contributed by atoms with Crippen LogP contribution in [0.4, 0.5) is 27.6 Å². The lowest BCUT2D eigenvalue weighted by atomic mass is 10.3. The highest BCUT2D eigenvalue weighted by molar-refractivity contribution is 5.42. The van der Waals surface area contributed by atoms with Crippen LogP contribution in [0.15, 0.2) is 12.1 Å². The summed E-state index contributed by atoms with van der Waals surface area (Å²) < 4.78 is 62.7. The van der Waals surface area contributed by atoms with E-state index in [1.807, 2.05) is 0 Å². The minimum Gasteiger partial charge on any atom is -0.399 e. The molecule has 1 aromatic rings. The largest absolute Gasteiger partial charge is 0.574 e. The van der Waals surface area contributed by atoms with E-state index in [2.05, 4.69) is 9.72 Å². The van der Waals surface area contributed by atoms with Crippen molar-refractivity contribution in [3.63, 3.8) is 0 Å². The zero-order valence-electron chi connectivity index (χ0n) is 7.05. The van der Waals surface area contributed by atoms with Crippen LogP contribution < -0.4 is 10.5 Å². The molecule has 1 heterocycles. The number of alkyl halides is 5. The first-order valence-corrected chi connectivity index (χ1v) is 3.59. The van der Waals surface area contributed by atoms with Gasteiger partial charge in [-0.05, 0) is 6.07 Å². The van der Waals surface area contributed by atoms with Gasteiger partial charge in [0.05, 0.1) is 0 Å². The van der Waals surface area contributed by atoms with Gasteiger partial charge in [0.2, 0.25) is 5.88 Å². The smallest absolute Gasteiger partial charge is 0.399 e. The molecule has 0 saturated carbocycles. The molecule has 15 heavy (non-hydrogen) atoms. The number of nitrogens with zero attached hydrogens (tertiary/aromatic N) is 1. The second-order valence-corrected chi connectivity index (χ2v) is 2.51. The Morgan fingerprint density at radius 2 is 1.87 bits per heavy atom. The zero-order valence-corrected chi connectivity index (χ0v) is 7.05. The predicted octanol–water partition coefficient (Wildman–Crippen LogP) is 2.50. The average Bonchev–Trinajstić information content (AvgIpc) is 1.99. The van der Waals surface area contributed by atoms with Crippen LogP contribution in [0.3, 0.4) is 0 Å². The van der Waals surface area contributed by atoms with Crippen LogP contribution in [0.1, 0.15) is 12.1 Å². The second kappa shape index (κ2) is 3.87. The van der Waals surface area contributed by atoms with Gasteiger partial charge in [0.25, 0.3) is 6.43 Å². The average molecular weight is 228 g/mol. The van der Waals surface area contributed by atoms with Crippen molar-refractivity contribution in [1.29, 1.82) is 0 Å². The van der Waals surface area contributed by atoms with Crippen LogP contribution in [0.2, 0.25) is 0 Å². The predicted molar refractivity (Wildman–Crippen MR) is 40.3 cm³/mol. The topological polar surface area (TPSA) is 48.1 Å². The van der Waals surface area contributed by atoms with Crippen molar-refractivity contribution < 1.29 is 26.7 Å². The zero-order chi connectivity index (χ0) is 11.6. The molecular weight excluding hydrogens is 223 g/mol. The van der Waals surface area contributed by atoms with Gasteiger partial charge >= 0.3 is 6.36 Å². The van der Waals surface area contributed by atoms with Crippen molar-refractivity contribution in [3.8, 4) is 5.88 Å². The number of anilines is 1. The van der Waals surface area contributed by atoms with Gasteiger partial charge in [0.1, 0.15) is 5.69 Å². The fourth-order valence-corrected chi connectivity index (χ4v) is 0.829. The standard InChI is InChI=1S/C7H5F5N2O/c8-6(9)4-1-3(13)2-5(14-4)15-7(10,11)12/h1-2,6H,(H2,13,14). The maximum atomic E-state index is 12.1. The van der Waals surface area contributed by atoms with Crippen LogP contribution in [0.5, 0.6) is 5.88 Å². The lowest BCUT2D eigenvalue weighted by molar-refractivity contribution is -0.276. The number of halogens is 5. The number of nitrogen functional groups attached to an aromatic ring is 1. The van der Waals surface area contributed by atoms with E-state index in [4.69, 9.17) is 5.73 Å². The fraction of sp³-hybridized carbons (Fsp3) is 0.286. The van der Waals surface area contributed by atoms with Crippen molar-refractivity contribution in [1.82, 2.24) is 4.98 Å². The number of hydrogen-bond acceptors (Lipinski definition) is 3. The van der Waals surface area contributed by atoms with Gasteiger partial charge in [0.15, 0.2) is 0 Å². The van der Waals surface area contributed by atoms with Gasteiger partial charge in [0, 0.05) is 11.8 Å². The summed E-state index contributed by atoms with van der Waals surface area (Å²) in [5, 5.41) is 0. The summed E-state index contributed by atoms with van der Waals surface area (Å²) >= 11 is 0. The highest BCUT2D eigenvalue weighted by atomic mass is 19.4. The summed E-state index contributed by atoms with van der Waals surface area (Å²) in [5.74, 6) is -1.00. The van der Waals surface area contributed by atoms with Gasteiger partial charge in [-0.25, -0.2) is 13.8 Å². The van der Waals surface area contributed by atoms with E-state index in [0.717, 1.165) is 6.07 Å². The summed E-state index contributed by atoms with van der Waals surface area (Å²) in [4.78, 5) is 2.95. The molecule has 0 fully saturated rings. The van der Waals surface area contributed by atoms with Crippen molar-refractivity contribution in [2.75, 3.05) is 5.73 Å². The molecular formula is C7H5F5N2O. The highest BCUT2D eigenvalue weighted by Crippen LogP contribution is 2.26. The summed E-state index contributed by atoms with van der Waals surface area (Å²) in [6, 6.07) is 1.48. The maximum Gasteiger partial charge on any atom is 0.574 e. The first-order chi connectivity index (χ1) is 6.78. The van der Waals surface area contributed by atoms with Gasteiger partial charge in [-0.3, -0.25) is 0 Å². The number of rotatable bonds is 2. The highest BCUT2D eigenvalue weighted by Gasteiger charge is 2.32. The Morgan fingerprint density at radius 3 is 2.33 bits per heavy atom. The Kier molecular flexibility index (Phi) is 2.96. The van der Waals surface area contributed by atoms with E-state index in [1.54, 1.807) is 0 Å². The summed E-state index contributed by atoms with van der Waals surface area (Å²) in [5.41, 5.74) is 3.95. The van der Waals surface area contributed by atoms with Crippen LogP contribution in [0, 0.1) is 0 Å². The number of nitrogens with two attached hydrogens (primary N) is 1. The molecule has 2 N–H and O–H groups in total. The molecule has 0 atom stereocenters. The normalized spacial score (nSPS) is 11.9. The molecule has 0 amide bonds. The van der Waals surface area contributed by atoms with Crippen molar-refractivity contribution >= 4 is 5.69 Å². The van der Waals surface area contributed by atoms with E-state index < -0.39 is 24.4 Å². The van der Waals surface area contributed by atoms with Crippen molar-refractivity contribution in [2.45, 2.75) is 12.8 Å². The minimum atomic E-state index is -4.99. The summed E-state index contributed by atoms with van der Waals surface area (Å²) in [7, 11) is 0. The molecule has 0 saturated heterocycles. The number of ether oxygens (including phenoxy) is 1. The molecule has 0 spiro atoms. The Labute approximate surface area is 80.7 Å². The quantitative estimate of drug-likeness (QED) is 0.791. The molecule has 0 aromatic carbocycles. The first kappa shape index (κ1) is 11.5. The van der Waals surface area contributed by atoms with Crippen LogP contribution >= 0.6 is 0 Å². The monoisotopic (exact) mass is 228 g/mol. The number of pyridine rings is 1. The fourth-order valence-electron chi connectivity index (χ4n) is 0.829. The lowest BCUT2D eigenvalue weighted by Gasteiger charge is -2.09. The SMILES string of the molecule is Nc1cc(OC(F)(F)F)nc(C(F)F)c1. The van der Waals surface area contributed by atoms with Crippen LogP contribution in [0.25, 0.3) is 0 Å². The Balaban J connectivity index is 2.99.